The summed E-state index contributed by atoms with van der Waals surface area (Å²) in [5.74, 6) is -1.32. The van der Waals surface area contributed by atoms with Crippen LogP contribution in [0.1, 0.15) is 15.9 Å². The SMILES string of the molecule is COC=C1C(=O)Nc2cc(C(=O)O)ccc21. The van der Waals surface area contributed by atoms with Crippen LogP contribution in [0.4, 0.5) is 5.69 Å². The standard InChI is InChI=1S/C11H9NO4/c1-16-5-8-7-3-2-6(11(14)15)4-9(7)12-10(8)13/h2-5H,1H3,(H,12,13)(H,14,15). The number of methoxy groups -OCH3 is 1. The molecule has 82 valence electrons. The topological polar surface area (TPSA) is 75.6 Å². The van der Waals surface area contributed by atoms with Gasteiger partial charge in [0.25, 0.3) is 5.91 Å². The second-order valence-corrected chi connectivity index (χ2v) is 3.29. The Morgan fingerprint density at radius 2 is 2.25 bits per heavy atom. The van der Waals surface area contributed by atoms with E-state index in [9.17, 15) is 9.59 Å². The van der Waals surface area contributed by atoms with Crippen LogP contribution < -0.4 is 5.32 Å². The molecule has 0 saturated heterocycles. The van der Waals surface area contributed by atoms with Crippen LogP contribution in [-0.4, -0.2) is 24.1 Å². The largest absolute Gasteiger partial charge is 0.504 e. The molecule has 16 heavy (non-hydrogen) atoms. The summed E-state index contributed by atoms with van der Waals surface area (Å²) >= 11 is 0. The Hall–Kier alpha value is -2.30. The minimum atomic E-state index is -1.03. The third kappa shape index (κ3) is 1.52. The van der Waals surface area contributed by atoms with Gasteiger partial charge in [-0.2, -0.15) is 0 Å². The quantitative estimate of drug-likeness (QED) is 0.581. The molecule has 2 rings (SSSR count). The summed E-state index contributed by atoms with van der Waals surface area (Å²) in [5.41, 5.74) is 1.68. The van der Waals surface area contributed by atoms with E-state index in [1.807, 2.05) is 0 Å². The van der Waals surface area contributed by atoms with Crippen LogP contribution in [0.15, 0.2) is 24.5 Å². The van der Waals surface area contributed by atoms with E-state index in [2.05, 4.69) is 5.32 Å². The summed E-state index contributed by atoms with van der Waals surface area (Å²) in [6.07, 6.45) is 1.33. The Kier molecular flexibility index (Phi) is 2.36. The maximum Gasteiger partial charge on any atom is 0.335 e. The van der Waals surface area contributed by atoms with Crippen LogP contribution in [0.3, 0.4) is 0 Å². The van der Waals surface area contributed by atoms with Crippen molar-refractivity contribution in [2.45, 2.75) is 0 Å². The molecule has 1 aromatic rings. The van der Waals surface area contributed by atoms with Crippen LogP contribution in [0.2, 0.25) is 0 Å². The fourth-order valence-corrected chi connectivity index (χ4v) is 1.56. The van der Waals surface area contributed by atoms with E-state index in [1.54, 1.807) is 6.07 Å². The van der Waals surface area contributed by atoms with E-state index in [-0.39, 0.29) is 11.5 Å². The zero-order chi connectivity index (χ0) is 11.7. The van der Waals surface area contributed by atoms with Gasteiger partial charge in [0.2, 0.25) is 0 Å². The molecule has 0 radical (unpaired) electrons. The van der Waals surface area contributed by atoms with Crippen molar-refractivity contribution in [2.75, 3.05) is 12.4 Å². The molecule has 5 heteroatoms. The number of carboxylic acid groups (broad SMARTS) is 1. The molecule has 0 aliphatic carbocycles. The maximum absolute atomic E-state index is 11.5. The number of benzene rings is 1. The second kappa shape index (κ2) is 3.69. The highest BCUT2D eigenvalue weighted by Gasteiger charge is 2.25. The zero-order valence-electron chi connectivity index (χ0n) is 8.48. The van der Waals surface area contributed by atoms with Crippen molar-refractivity contribution in [3.8, 4) is 0 Å². The van der Waals surface area contributed by atoms with Crippen LogP contribution in [-0.2, 0) is 9.53 Å². The van der Waals surface area contributed by atoms with Gasteiger partial charge in [0.05, 0.1) is 30.2 Å². The van der Waals surface area contributed by atoms with Gasteiger partial charge in [-0.15, -0.1) is 0 Å². The van der Waals surface area contributed by atoms with E-state index in [1.165, 1.54) is 25.5 Å². The Balaban J connectivity index is 2.50. The number of aromatic carboxylic acids is 1. The van der Waals surface area contributed by atoms with Gasteiger partial charge in [-0.3, -0.25) is 4.79 Å². The van der Waals surface area contributed by atoms with Crippen LogP contribution >= 0.6 is 0 Å². The van der Waals surface area contributed by atoms with Crippen LogP contribution in [0, 0.1) is 0 Å². The third-order valence-electron chi connectivity index (χ3n) is 2.29. The predicted octanol–water partition coefficient (Wildman–Crippen LogP) is 1.32. The van der Waals surface area contributed by atoms with Gasteiger partial charge < -0.3 is 15.2 Å². The summed E-state index contributed by atoms with van der Waals surface area (Å²) < 4.78 is 4.79. The molecule has 0 atom stereocenters. The Morgan fingerprint density at radius 3 is 2.88 bits per heavy atom. The van der Waals surface area contributed by atoms with Crippen LogP contribution in [0.5, 0.6) is 0 Å². The molecule has 1 aliphatic heterocycles. The Bertz CT molecular complexity index is 505. The lowest BCUT2D eigenvalue weighted by atomic mass is 10.1. The highest BCUT2D eigenvalue weighted by molar-refractivity contribution is 6.31. The molecule has 1 amide bonds. The van der Waals surface area contributed by atoms with Gasteiger partial charge in [-0.1, -0.05) is 6.07 Å². The van der Waals surface area contributed by atoms with Gasteiger partial charge in [0.1, 0.15) is 0 Å². The van der Waals surface area contributed by atoms with Gasteiger partial charge >= 0.3 is 5.97 Å². The minimum absolute atomic E-state index is 0.137. The average molecular weight is 219 g/mol. The molecule has 2 N–H and O–H groups in total. The molecular weight excluding hydrogens is 210 g/mol. The number of hydrogen-bond acceptors (Lipinski definition) is 3. The first kappa shape index (κ1) is 10.2. The molecule has 1 heterocycles. The molecule has 1 aliphatic rings. The molecule has 0 bridgehead atoms. The molecule has 0 saturated carbocycles. The van der Waals surface area contributed by atoms with Crippen molar-refractivity contribution >= 4 is 23.1 Å². The van der Waals surface area contributed by atoms with Gasteiger partial charge in [0, 0.05) is 5.56 Å². The van der Waals surface area contributed by atoms with Crippen molar-refractivity contribution in [1.82, 2.24) is 0 Å². The minimum Gasteiger partial charge on any atom is -0.504 e. The predicted molar refractivity (Wildman–Crippen MR) is 57.0 cm³/mol. The molecular formula is C11H9NO4. The molecule has 0 aromatic heterocycles. The van der Waals surface area contributed by atoms with Crippen molar-refractivity contribution in [1.29, 1.82) is 0 Å². The van der Waals surface area contributed by atoms with E-state index >= 15 is 0 Å². The first-order valence-corrected chi connectivity index (χ1v) is 4.55. The first-order valence-electron chi connectivity index (χ1n) is 4.55. The summed E-state index contributed by atoms with van der Waals surface area (Å²) in [4.78, 5) is 22.2. The van der Waals surface area contributed by atoms with E-state index in [4.69, 9.17) is 9.84 Å². The zero-order valence-corrected chi connectivity index (χ0v) is 8.48. The average Bonchev–Trinajstić information content (AvgIpc) is 2.55. The van der Waals surface area contributed by atoms with Gasteiger partial charge in [0.15, 0.2) is 0 Å². The summed E-state index contributed by atoms with van der Waals surface area (Å²) in [7, 11) is 1.45. The normalized spacial score (nSPS) is 15.8. The third-order valence-corrected chi connectivity index (χ3v) is 2.29. The van der Waals surface area contributed by atoms with Crippen LogP contribution in [0.25, 0.3) is 5.57 Å². The lowest BCUT2D eigenvalue weighted by Crippen LogP contribution is -2.04. The number of rotatable bonds is 2. The first-order chi connectivity index (χ1) is 7.63. The maximum atomic E-state index is 11.5. The number of anilines is 1. The van der Waals surface area contributed by atoms with E-state index < -0.39 is 5.97 Å². The Morgan fingerprint density at radius 1 is 1.50 bits per heavy atom. The lowest BCUT2D eigenvalue weighted by Gasteiger charge is -1.99. The summed E-state index contributed by atoms with van der Waals surface area (Å²) in [6.45, 7) is 0. The van der Waals surface area contributed by atoms with Gasteiger partial charge in [-0.05, 0) is 12.1 Å². The van der Waals surface area contributed by atoms with Crippen molar-refractivity contribution < 1.29 is 19.4 Å². The smallest absolute Gasteiger partial charge is 0.335 e. The van der Waals surface area contributed by atoms with Crippen molar-refractivity contribution in [3.63, 3.8) is 0 Å². The molecule has 0 fully saturated rings. The summed E-state index contributed by atoms with van der Waals surface area (Å²) in [6, 6.07) is 4.46. The number of amides is 1. The van der Waals surface area contributed by atoms with Crippen molar-refractivity contribution in [2.24, 2.45) is 0 Å². The number of hydrogen-bond donors (Lipinski definition) is 2. The fourth-order valence-electron chi connectivity index (χ4n) is 1.56. The molecule has 5 nitrogen and oxygen atoms in total. The van der Waals surface area contributed by atoms with Gasteiger partial charge in [-0.25, -0.2) is 4.79 Å². The van der Waals surface area contributed by atoms with E-state index in [0.29, 0.717) is 16.8 Å². The highest BCUT2D eigenvalue weighted by atomic mass is 16.5. The molecule has 0 unspecified atom stereocenters. The van der Waals surface area contributed by atoms with Crippen molar-refractivity contribution in [3.05, 3.63) is 35.6 Å². The number of carboxylic acids is 1. The van der Waals surface area contributed by atoms with E-state index in [0.717, 1.165) is 0 Å². The lowest BCUT2D eigenvalue weighted by molar-refractivity contribution is -0.110. The fraction of sp³-hybridized carbons (Fsp3) is 0.0909. The number of carbonyl (C=O) groups is 2. The number of nitrogens with one attached hydrogen (secondary N) is 1. The number of carbonyl (C=O) groups excluding carboxylic acids is 1. The monoisotopic (exact) mass is 219 g/mol. The number of ether oxygens (including phenoxy) is 1. The summed E-state index contributed by atoms with van der Waals surface area (Å²) in [5, 5.41) is 11.4. The second-order valence-electron chi connectivity index (χ2n) is 3.29. The number of fused-ring (bicyclic) bond motifs is 1. The molecule has 0 spiro atoms. The highest BCUT2D eigenvalue weighted by Crippen LogP contribution is 2.32. The molecule has 1 aromatic carbocycles. The Labute approximate surface area is 91.3 Å².